The summed E-state index contributed by atoms with van der Waals surface area (Å²) in [5, 5.41) is 13.2. The minimum absolute atomic E-state index is 0.558. The Hall–Kier alpha value is -0.440. The number of rotatable bonds is 0. The van der Waals surface area contributed by atoms with Crippen LogP contribution in [-0.2, 0) is 0 Å². The molecule has 0 aromatic heterocycles. The van der Waals surface area contributed by atoms with Crippen LogP contribution in [0.15, 0.2) is 9.98 Å². The van der Waals surface area contributed by atoms with Crippen LogP contribution < -0.4 is 0 Å². The molecule has 0 aliphatic carbocycles. The zero-order valence-corrected chi connectivity index (χ0v) is 16.1. The summed E-state index contributed by atoms with van der Waals surface area (Å²) in [5.74, 6) is 0. The van der Waals surface area contributed by atoms with Gasteiger partial charge in [0, 0.05) is 37.4 Å². The second-order valence-corrected chi connectivity index (χ2v) is 9.82. The molecule has 124 valence electrons. The van der Waals surface area contributed by atoms with Crippen molar-refractivity contribution in [2.45, 2.75) is 77.8 Å². The molecule has 2 aliphatic heterocycles. The van der Waals surface area contributed by atoms with Crippen LogP contribution in [0.4, 0.5) is 0 Å². The normalized spacial score (nSPS) is 28.7. The van der Waals surface area contributed by atoms with Crippen LogP contribution in [0.2, 0.25) is 0 Å². The molecule has 0 aromatic rings. The highest BCUT2D eigenvalue weighted by Crippen LogP contribution is 2.45. The van der Waals surface area contributed by atoms with Crippen LogP contribution in [0, 0.1) is 4.91 Å². The van der Waals surface area contributed by atoms with Gasteiger partial charge in [0.2, 0.25) is 0 Å². The molecule has 0 saturated heterocycles. The molecule has 1 N–H and O–H groups in total. The SMILES string of the molecule is CC1(C)N=C(SSC2=NC(C)(C)[N+](=O)C2(C)C)C(C)(C)N1O. The highest BCUT2D eigenvalue weighted by Gasteiger charge is 2.57. The summed E-state index contributed by atoms with van der Waals surface area (Å²) >= 11 is 0. The van der Waals surface area contributed by atoms with Gasteiger partial charge in [0.1, 0.15) is 10.7 Å². The smallest absolute Gasteiger partial charge is 0.298 e. The number of aliphatic imine (C=N–C) groups is 2. The van der Waals surface area contributed by atoms with E-state index >= 15 is 0 Å². The number of nitrogens with zero attached hydrogens (tertiary/aromatic N) is 4. The van der Waals surface area contributed by atoms with Crippen molar-refractivity contribution in [2.75, 3.05) is 0 Å². The first-order chi connectivity index (χ1) is 9.73. The fraction of sp³-hybridized carbons (Fsp3) is 0.857. The van der Waals surface area contributed by atoms with E-state index in [0.29, 0.717) is 0 Å². The first-order valence-corrected chi connectivity index (χ1v) is 9.40. The zero-order valence-electron chi connectivity index (χ0n) is 14.5. The van der Waals surface area contributed by atoms with Gasteiger partial charge < -0.3 is 5.21 Å². The van der Waals surface area contributed by atoms with Crippen molar-refractivity contribution in [3.8, 4) is 0 Å². The molecule has 0 aromatic carbocycles. The fourth-order valence-corrected chi connectivity index (χ4v) is 5.91. The molecule has 0 fully saturated rings. The molecule has 0 bridgehead atoms. The van der Waals surface area contributed by atoms with Gasteiger partial charge in [-0.25, -0.2) is 4.99 Å². The Labute approximate surface area is 139 Å². The lowest BCUT2D eigenvalue weighted by atomic mass is 10.1. The first-order valence-electron chi connectivity index (χ1n) is 7.25. The number of hydroxylamine groups is 2. The van der Waals surface area contributed by atoms with Gasteiger partial charge in [0.15, 0.2) is 5.04 Å². The van der Waals surface area contributed by atoms with Crippen molar-refractivity contribution >= 4 is 31.7 Å². The maximum Gasteiger partial charge on any atom is 0.298 e. The van der Waals surface area contributed by atoms with Gasteiger partial charge in [0.05, 0.1) is 5.54 Å². The molecule has 22 heavy (non-hydrogen) atoms. The van der Waals surface area contributed by atoms with Gasteiger partial charge >= 0.3 is 0 Å². The Morgan fingerprint density at radius 2 is 1.45 bits per heavy atom. The summed E-state index contributed by atoms with van der Waals surface area (Å²) in [6.07, 6.45) is 0. The molecule has 0 saturated carbocycles. The standard InChI is InChI=1S/C14H25N4O2S2/c1-11(2)9(15-13(5,6)17(11)19)21-22-10-12(3,4)18(20)14(7,8)16-10/h19H,1-8H3/q+1. The topological polar surface area (TPSA) is 68.3 Å². The van der Waals surface area contributed by atoms with Gasteiger partial charge in [-0.2, -0.15) is 5.06 Å². The summed E-state index contributed by atoms with van der Waals surface area (Å²) in [5.41, 5.74) is -2.61. The lowest BCUT2D eigenvalue weighted by Crippen LogP contribution is -2.49. The average Bonchev–Trinajstić information content (AvgIpc) is 2.62. The molecule has 6 nitrogen and oxygen atoms in total. The Bertz CT molecular complexity index is 579. The summed E-state index contributed by atoms with van der Waals surface area (Å²) in [6.45, 7) is 15.0. The quantitative estimate of drug-likeness (QED) is 0.536. The third-order valence-corrected chi connectivity index (χ3v) is 6.83. The molecular formula is C14H25N4O2S2+. The Balaban J connectivity index is 2.20. The molecular weight excluding hydrogens is 320 g/mol. The van der Waals surface area contributed by atoms with E-state index < -0.39 is 22.4 Å². The third-order valence-electron chi connectivity index (χ3n) is 4.05. The minimum atomic E-state index is -0.748. The van der Waals surface area contributed by atoms with E-state index in [1.54, 1.807) is 0 Å². The first kappa shape index (κ1) is 17.9. The highest BCUT2D eigenvalue weighted by atomic mass is 33.1. The summed E-state index contributed by atoms with van der Waals surface area (Å²) in [6, 6.07) is 0. The third kappa shape index (κ3) is 2.64. The molecule has 2 heterocycles. The van der Waals surface area contributed by atoms with Crippen LogP contribution >= 0.6 is 21.6 Å². The molecule has 0 radical (unpaired) electrons. The summed E-state index contributed by atoms with van der Waals surface area (Å²) in [7, 11) is 2.92. The number of hydrogen-bond acceptors (Lipinski definition) is 7. The van der Waals surface area contributed by atoms with Crippen molar-refractivity contribution in [2.24, 2.45) is 9.98 Å². The van der Waals surface area contributed by atoms with E-state index in [4.69, 9.17) is 0 Å². The van der Waals surface area contributed by atoms with Gasteiger partial charge in [-0.05, 0) is 49.3 Å². The second kappa shape index (κ2) is 5.03. The van der Waals surface area contributed by atoms with Crippen LogP contribution in [-0.4, -0.2) is 47.5 Å². The van der Waals surface area contributed by atoms with Crippen LogP contribution in [0.1, 0.15) is 55.4 Å². The molecule has 2 aliphatic rings. The van der Waals surface area contributed by atoms with Gasteiger partial charge in [0.25, 0.3) is 11.2 Å². The Kier molecular flexibility index (Phi) is 4.09. The van der Waals surface area contributed by atoms with Crippen molar-refractivity contribution in [3.63, 3.8) is 0 Å². The molecule has 0 unspecified atom stereocenters. The van der Waals surface area contributed by atoms with E-state index in [1.165, 1.54) is 26.7 Å². The maximum absolute atomic E-state index is 12.3. The predicted octanol–water partition coefficient (Wildman–Crippen LogP) is 3.69. The van der Waals surface area contributed by atoms with Gasteiger partial charge in [-0.1, -0.05) is 0 Å². The molecule has 2 rings (SSSR count). The second-order valence-electron chi connectivity index (χ2n) is 7.71. The van der Waals surface area contributed by atoms with Crippen molar-refractivity contribution < 1.29 is 9.97 Å². The van der Waals surface area contributed by atoms with E-state index in [2.05, 4.69) is 9.98 Å². The monoisotopic (exact) mass is 345 g/mol. The largest absolute Gasteiger partial charge is 0.311 e. The van der Waals surface area contributed by atoms with Gasteiger partial charge in [-0.3, -0.25) is 4.99 Å². The lowest BCUT2D eigenvalue weighted by molar-refractivity contribution is -0.653. The van der Waals surface area contributed by atoms with Crippen LogP contribution in [0.3, 0.4) is 0 Å². The van der Waals surface area contributed by atoms with Gasteiger partial charge in [-0.15, -0.1) is 0 Å². The van der Waals surface area contributed by atoms with Crippen LogP contribution in [0.25, 0.3) is 0 Å². The summed E-state index contributed by atoms with van der Waals surface area (Å²) < 4.78 is 1.03. The van der Waals surface area contributed by atoms with Crippen LogP contribution in [0.5, 0.6) is 0 Å². The minimum Gasteiger partial charge on any atom is -0.311 e. The molecule has 0 amide bonds. The predicted molar refractivity (Wildman–Crippen MR) is 93.6 cm³/mol. The van der Waals surface area contributed by atoms with Crippen molar-refractivity contribution in [3.05, 3.63) is 4.91 Å². The van der Waals surface area contributed by atoms with Crippen molar-refractivity contribution in [1.29, 1.82) is 0 Å². The Morgan fingerprint density at radius 3 is 1.82 bits per heavy atom. The van der Waals surface area contributed by atoms with E-state index in [0.717, 1.165) is 14.8 Å². The number of hydrogen-bond donors (Lipinski definition) is 1. The lowest BCUT2D eigenvalue weighted by Gasteiger charge is -2.33. The zero-order chi connectivity index (χ0) is 17.1. The highest BCUT2D eigenvalue weighted by molar-refractivity contribution is 8.87. The van der Waals surface area contributed by atoms with Crippen molar-refractivity contribution in [1.82, 2.24) is 5.06 Å². The number of nitroso groups, excluding NO2 is 1. The van der Waals surface area contributed by atoms with E-state index in [-0.39, 0.29) is 0 Å². The van der Waals surface area contributed by atoms with E-state index in [1.807, 2.05) is 55.4 Å². The molecule has 0 atom stereocenters. The Morgan fingerprint density at radius 1 is 0.955 bits per heavy atom. The average molecular weight is 346 g/mol. The summed E-state index contributed by atoms with van der Waals surface area (Å²) in [4.78, 5) is 21.5. The maximum atomic E-state index is 12.3. The molecule has 0 spiro atoms. The molecule has 8 heteroatoms. The van der Waals surface area contributed by atoms with E-state index in [9.17, 15) is 10.1 Å². The fourth-order valence-electron chi connectivity index (χ4n) is 2.73.